The fourth-order valence-corrected chi connectivity index (χ4v) is 5.50. The third-order valence-corrected chi connectivity index (χ3v) is 8.09. The number of carbonyl (C=O) groups excluding carboxylic acids is 1. The summed E-state index contributed by atoms with van der Waals surface area (Å²) in [5.74, 6) is 2.38. The molecule has 4 heterocycles. The van der Waals surface area contributed by atoms with Crippen molar-refractivity contribution in [2.45, 2.75) is 40.2 Å². The van der Waals surface area contributed by atoms with Crippen molar-refractivity contribution in [2.24, 2.45) is 7.05 Å². The van der Waals surface area contributed by atoms with E-state index in [0.29, 0.717) is 51.8 Å². The number of aromatic nitrogens is 6. The van der Waals surface area contributed by atoms with Gasteiger partial charge < -0.3 is 33.8 Å². The van der Waals surface area contributed by atoms with Crippen LogP contribution in [0.5, 0.6) is 23.0 Å². The van der Waals surface area contributed by atoms with E-state index < -0.39 is 12.5 Å². The van der Waals surface area contributed by atoms with Gasteiger partial charge in [0.2, 0.25) is 5.89 Å². The summed E-state index contributed by atoms with van der Waals surface area (Å²) >= 11 is 0. The van der Waals surface area contributed by atoms with Crippen molar-refractivity contribution in [3.63, 3.8) is 0 Å². The van der Waals surface area contributed by atoms with Gasteiger partial charge in [0.15, 0.2) is 17.2 Å². The number of carbonyl (C=O) groups is 1. The fraction of sp³-hybridized carbons (Fsp3) is 0.286. The highest BCUT2D eigenvalue weighted by Crippen LogP contribution is 2.38. The number of oxazole rings is 1. The zero-order valence-electron chi connectivity index (χ0n) is 28.1. The molecule has 0 aliphatic heterocycles. The molecule has 0 aliphatic carbocycles. The van der Waals surface area contributed by atoms with Crippen LogP contribution in [-0.2, 0) is 33.4 Å². The van der Waals surface area contributed by atoms with Crippen LogP contribution in [0.1, 0.15) is 40.0 Å². The smallest absolute Gasteiger partial charge is 0.270 e. The molecule has 0 saturated heterocycles. The Hall–Kier alpha value is -5.89. The molecular formula is C35H37N7O7. The van der Waals surface area contributed by atoms with Gasteiger partial charge in [0.1, 0.15) is 53.2 Å². The van der Waals surface area contributed by atoms with Crippen molar-refractivity contribution in [3.05, 3.63) is 83.0 Å². The first kappa shape index (κ1) is 33.0. The number of nitrogens with one attached hydrogen (secondary N) is 1. The first-order valence-corrected chi connectivity index (χ1v) is 15.5. The van der Waals surface area contributed by atoms with Gasteiger partial charge >= 0.3 is 0 Å². The van der Waals surface area contributed by atoms with Crippen LogP contribution in [0.25, 0.3) is 33.9 Å². The molecule has 6 rings (SSSR count). The molecule has 254 valence electrons. The number of rotatable bonds is 13. The molecule has 2 N–H and O–H groups in total. The van der Waals surface area contributed by atoms with Crippen LogP contribution >= 0.6 is 0 Å². The van der Waals surface area contributed by atoms with Gasteiger partial charge in [-0.05, 0) is 49.7 Å². The third kappa shape index (κ3) is 6.50. The molecular weight excluding hydrogens is 630 g/mol. The van der Waals surface area contributed by atoms with Crippen LogP contribution in [0.15, 0.2) is 59.1 Å². The molecule has 14 nitrogen and oxygen atoms in total. The second kappa shape index (κ2) is 14.1. The Kier molecular flexibility index (Phi) is 9.49. The largest absolute Gasteiger partial charge is 0.497 e. The van der Waals surface area contributed by atoms with Gasteiger partial charge in [-0.25, -0.2) is 9.97 Å². The van der Waals surface area contributed by atoms with E-state index in [4.69, 9.17) is 33.3 Å². The Balaban J connectivity index is 1.36. The summed E-state index contributed by atoms with van der Waals surface area (Å²) in [7, 11) is 6.52. The lowest BCUT2D eigenvalue weighted by molar-refractivity contribution is 0.0946. The topological polar surface area (TPSA) is 161 Å². The molecule has 0 atom stereocenters. The number of aryl methyl sites for hydroxylation is 3. The molecule has 0 saturated carbocycles. The summed E-state index contributed by atoms with van der Waals surface area (Å²) in [6.45, 7) is 4.28. The standard InChI is InChI=1S/C35H37N7O7/c1-7-42-32(33(20(2)40-42)48-19-21-8-11-23(45-4)12-9-21)35-39-31(29(18-43)49-35)30-25-17-37-41(3)27(25)15-26(38-30)34(44)36-16-22-10-13-24(46-5)14-28(22)47-6/h8-15,17,43H,7,16,18-19H2,1-6H3,(H,36,44). The first-order valence-electron chi connectivity index (χ1n) is 15.5. The Bertz CT molecular complexity index is 2120. The Labute approximate surface area is 282 Å². The van der Waals surface area contributed by atoms with Crippen molar-refractivity contribution < 1.29 is 33.3 Å². The van der Waals surface area contributed by atoms with Crippen LogP contribution < -0.4 is 24.3 Å². The summed E-state index contributed by atoms with van der Waals surface area (Å²) < 4.78 is 31.9. The van der Waals surface area contributed by atoms with E-state index in [1.165, 1.54) is 0 Å². The first-order chi connectivity index (χ1) is 23.8. The summed E-state index contributed by atoms with van der Waals surface area (Å²) in [4.78, 5) is 23.1. The molecule has 0 spiro atoms. The second-order valence-corrected chi connectivity index (χ2v) is 11.1. The maximum Gasteiger partial charge on any atom is 0.270 e. The summed E-state index contributed by atoms with van der Waals surface area (Å²) in [6, 6.07) is 14.6. The molecule has 4 aromatic heterocycles. The maximum atomic E-state index is 13.5. The lowest BCUT2D eigenvalue weighted by Gasteiger charge is -2.12. The summed E-state index contributed by atoms with van der Waals surface area (Å²) in [6.07, 6.45) is 1.64. The SMILES string of the molecule is CCn1nc(C)c(OCc2ccc(OC)cc2)c1-c1nc(-c2nc(C(=O)NCc3ccc(OC)cc3OC)cc3c2cnn3C)c(CO)o1. The zero-order chi connectivity index (χ0) is 34.7. The number of hydrogen-bond acceptors (Lipinski definition) is 11. The quantitative estimate of drug-likeness (QED) is 0.173. The van der Waals surface area contributed by atoms with Crippen LogP contribution in [-0.4, -0.2) is 61.9 Å². The van der Waals surface area contributed by atoms with Crippen LogP contribution in [0.2, 0.25) is 0 Å². The summed E-state index contributed by atoms with van der Waals surface area (Å²) in [5, 5.41) is 23.0. The minimum absolute atomic E-state index is 0.130. The number of aliphatic hydroxyl groups excluding tert-OH is 1. The highest BCUT2D eigenvalue weighted by atomic mass is 16.5. The second-order valence-electron chi connectivity index (χ2n) is 11.1. The van der Waals surface area contributed by atoms with E-state index in [9.17, 15) is 9.90 Å². The van der Waals surface area contributed by atoms with Gasteiger partial charge in [-0.2, -0.15) is 10.2 Å². The van der Waals surface area contributed by atoms with Crippen LogP contribution in [0.4, 0.5) is 0 Å². The number of hydrogen-bond donors (Lipinski definition) is 2. The molecule has 1 amide bonds. The van der Waals surface area contributed by atoms with Gasteiger partial charge in [0.05, 0.1) is 33.0 Å². The van der Waals surface area contributed by atoms with Gasteiger partial charge in [0, 0.05) is 37.2 Å². The number of benzene rings is 2. The molecule has 0 radical (unpaired) electrons. The van der Waals surface area contributed by atoms with E-state index in [1.807, 2.05) is 44.2 Å². The van der Waals surface area contributed by atoms with E-state index >= 15 is 0 Å². The van der Waals surface area contributed by atoms with Crippen molar-refractivity contribution in [3.8, 4) is 46.0 Å². The Morgan fingerprint density at radius 2 is 1.73 bits per heavy atom. The van der Waals surface area contributed by atoms with Crippen LogP contribution in [0, 0.1) is 6.92 Å². The highest BCUT2D eigenvalue weighted by Gasteiger charge is 2.27. The van der Waals surface area contributed by atoms with Gasteiger partial charge in [-0.1, -0.05) is 12.1 Å². The monoisotopic (exact) mass is 667 g/mol. The normalized spacial score (nSPS) is 11.2. The number of amides is 1. The molecule has 2 aromatic carbocycles. The molecule has 49 heavy (non-hydrogen) atoms. The van der Waals surface area contributed by atoms with Crippen LogP contribution in [0.3, 0.4) is 0 Å². The minimum Gasteiger partial charge on any atom is -0.497 e. The van der Waals surface area contributed by atoms with Gasteiger partial charge in [-0.3, -0.25) is 14.2 Å². The van der Waals surface area contributed by atoms with Crippen molar-refractivity contribution in [1.29, 1.82) is 0 Å². The van der Waals surface area contributed by atoms with E-state index in [1.54, 1.807) is 62.1 Å². The predicted octanol–water partition coefficient (Wildman–Crippen LogP) is 4.84. The van der Waals surface area contributed by atoms with E-state index in [2.05, 4.69) is 15.5 Å². The lowest BCUT2D eigenvalue weighted by Crippen LogP contribution is -2.24. The molecule has 0 unspecified atom stereocenters. The molecule has 6 aromatic rings. The van der Waals surface area contributed by atoms with Gasteiger partial charge in [0.25, 0.3) is 5.91 Å². The minimum atomic E-state index is -0.471. The van der Waals surface area contributed by atoms with Crippen molar-refractivity contribution in [2.75, 3.05) is 21.3 Å². The maximum absolute atomic E-state index is 13.5. The molecule has 0 fully saturated rings. The Morgan fingerprint density at radius 1 is 0.980 bits per heavy atom. The average Bonchev–Trinajstić information content (AvgIpc) is 3.83. The molecule has 0 aliphatic rings. The van der Waals surface area contributed by atoms with Crippen molar-refractivity contribution >= 4 is 16.8 Å². The lowest BCUT2D eigenvalue weighted by atomic mass is 10.1. The number of fused-ring (bicyclic) bond motifs is 1. The van der Waals surface area contributed by atoms with Gasteiger partial charge in [-0.15, -0.1) is 0 Å². The molecule has 14 heteroatoms. The Morgan fingerprint density at radius 3 is 2.43 bits per heavy atom. The summed E-state index contributed by atoms with van der Waals surface area (Å²) in [5.41, 5.74) is 4.23. The zero-order valence-corrected chi connectivity index (χ0v) is 28.1. The number of ether oxygens (including phenoxy) is 4. The average molecular weight is 668 g/mol. The van der Waals surface area contributed by atoms with E-state index in [0.717, 1.165) is 16.9 Å². The fourth-order valence-electron chi connectivity index (χ4n) is 5.50. The number of pyridine rings is 1. The van der Waals surface area contributed by atoms with Crippen molar-refractivity contribution in [1.82, 2.24) is 34.8 Å². The number of methoxy groups -OCH3 is 3. The predicted molar refractivity (Wildman–Crippen MR) is 180 cm³/mol. The number of nitrogens with zero attached hydrogens (tertiary/aromatic N) is 6. The highest BCUT2D eigenvalue weighted by molar-refractivity contribution is 6.00. The number of aliphatic hydroxyl groups is 1. The van der Waals surface area contributed by atoms with E-state index in [-0.39, 0.29) is 36.2 Å². The third-order valence-electron chi connectivity index (χ3n) is 8.09. The molecule has 0 bridgehead atoms.